The topological polar surface area (TPSA) is 89.9 Å². The van der Waals surface area contributed by atoms with Gasteiger partial charge in [-0.2, -0.15) is 4.98 Å². The zero-order chi connectivity index (χ0) is 28.7. The third-order valence-electron chi connectivity index (χ3n) is 9.68. The van der Waals surface area contributed by atoms with E-state index in [9.17, 15) is 5.11 Å². The second kappa shape index (κ2) is 9.11. The minimum Gasteiger partial charge on any atom is -0.384 e. The Morgan fingerprint density at radius 2 is 1.80 bits per heavy atom. The lowest BCUT2D eigenvalue weighted by Gasteiger charge is -2.46. The smallest absolute Gasteiger partial charge is 0.229 e. The summed E-state index contributed by atoms with van der Waals surface area (Å²) in [6.45, 7) is 12.9. The van der Waals surface area contributed by atoms with Crippen LogP contribution in [0, 0.1) is 0 Å². The van der Waals surface area contributed by atoms with Crippen LogP contribution in [0.1, 0.15) is 58.7 Å². The van der Waals surface area contributed by atoms with E-state index in [0.29, 0.717) is 30.3 Å². The first-order chi connectivity index (χ1) is 19.4. The third-order valence-corrected chi connectivity index (χ3v) is 9.68. The predicted molar refractivity (Wildman–Crippen MR) is 161 cm³/mol. The number of rotatable bonds is 5. The summed E-state index contributed by atoms with van der Waals surface area (Å²) >= 11 is 0. The van der Waals surface area contributed by atoms with E-state index in [0.717, 1.165) is 42.4 Å². The Bertz CT molecular complexity index is 1470. The summed E-state index contributed by atoms with van der Waals surface area (Å²) in [6, 6.07) is 15.8. The molecule has 0 spiro atoms. The lowest BCUT2D eigenvalue weighted by atomic mass is 9.73. The number of ether oxygens (including phenoxy) is 1. The van der Waals surface area contributed by atoms with Crippen LogP contribution in [0.2, 0.25) is 0 Å². The number of pyridine rings is 1. The number of likely N-dealkylation sites (tertiary alicyclic amines) is 1. The minimum absolute atomic E-state index is 0.0875. The number of hydrogen-bond acceptors (Lipinski definition) is 9. The molecule has 0 amide bonds. The standard InChI is InChI=1S/C32H41N7O2/c1-30(2)15-26-32(5,19-41-30)24-16-33-29(36-28(24)39(26)27-9-7-8-25(35-27)31(3,4)40)34-20-10-12-21(13-11-20)38-18-22-14-23(38)17-37(22)6/h7-13,16,22-23,26,40H,14-15,17-19H2,1-6H3,(H,33,34,36)/t22-,23-,26-,32-/m1/s1. The molecule has 216 valence electrons. The molecule has 0 unspecified atom stereocenters. The molecule has 3 saturated heterocycles. The average Bonchev–Trinajstić information content (AvgIpc) is 3.57. The van der Waals surface area contributed by atoms with Crippen molar-refractivity contribution in [3.05, 3.63) is 59.9 Å². The molecule has 0 radical (unpaired) electrons. The summed E-state index contributed by atoms with van der Waals surface area (Å²) in [4.78, 5) is 22.0. The fraction of sp³-hybridized carbons (Fsp3) is 0.531. The van der Waals surface area contributed by atoms with Crippen LogP contribution in [0.5, 0.6) is 0 Å². The molecule has 6 heterocycles. The summed E-state index contributed by atoms with van der Waals surface area (Å²) in [5.74, 6) is 2.16. The average molecular weight is 556 g/mol. The zero-order valence-corrected chi connectivity index (χ0v) is 24.9. The first kappa shape index (κ1) is 26.6. The molecule has 9 nitrogen and oxygen atoms in total. The van der Waals surface area contributed by atoms with Crippen LogP contribution in [0.15, 0.2) is 48.7 Å². The van der Waals surface area contributed by atoms with Gasteiger partial charge >= 0.3 is 0 Å². The number of likely N-dealkylation sites (N-methyl/N-ethyl adjacent to an activating group) is 1. The van der Waals surface area contributed by atoms with Crippen molar-refractivity contribution in [2.75, 3.05) is 41.9 Å². The molecule has 0 aliphatic carbocycles. The van der Waals surface area contributed by atoms with Gasteiger partial charge in [-0.3, -0.25) is 4.90 Å². The summed E-state index contributed by atoms with van der Waals surface area (Å²) < 4.78 is 6.34. The molecule has 4 aliphatic heterocycles. The molecular formula is C32H41N7O2. The first-order valence-electron chi connectivity index (χ1n) is 14.8. The Morgan fingerprint density at radius 1 is 1.02 bits per heavy atom. The Balaban J connectivity index is 1.21. The van der Waals surface area contributed by atoms with E-state index in [4.69, 9.17) is 19.7 Å². The maximum absolute atomic E-state index is 10.7. The molecule has 3 aromatic rings. The van der Waals surface area contributed by atoms with E-state index in [1.165, 1.54) is 12.1 Å². The highest BCUT2D eigenvalue weighted by atomic mass is 16.5. The fourth-order valence-electron chi connectivity index (χ4n) is 7.21. The Kier molecular flexibility index (Phi) is 5.92. The van der Waals surface area contributed by atoms with E-state index in [-0.39, 0.29) is 17.1 Å². The number of benzene rings is 1. The SMILES string of the molecule is CN1C[C@H]2C[C@@H]1CN2c1ccc(Nc2ncc3c(n2)N(c2cccc(C(C)(C)O)n2)[C@@H]2CC(C)(C)OC[C@]32C)cc1. The maximum atomic E-state index is 10.7. The molecule has 0 saturated carbocycles. The highest BCUT2D eigenvalue weighted by Gasteiger charge is 2.55. The number of piperazine rings is 1. The van der Waals surface area contributed by atoms with Gasteiger partial charge in [0.1, 0.15) is 17.2 Å². The molecule has 3 fully saturated rings. The molecule has 4 atom stereocenters. The molecule has 2 aromatic heterocycles. The molecule has 41 heavy (non-hydrogen) atoms. The largest absolute Gasteiger partial charge is 0.384 e. The Hall–Kier alpha value is -3.27. The van der Waals surface area contributed by atoms with Gasteiger partial charge in [-0.25, -0.2) is 9.97 Å². The van der Waals surface area contributed by atoms with Crippen molar-refractivity contribution < 1.29 is 9.84 Å². The normalized spacial score (nSPS) is 28.6. The summed E-state index contributed by atoms with van der Waals surface area (Å²) in [7, 11) is 2.23. The zero-order valence-electron chi connectivity index (χ0n) is 24.9. The van der Waals surface area contributed by atoms with Crippen molar-refractivity contribution in [2.45, 2.75) is 82.2 Å². The lowest BCUT2D eigenvalue weighted by Crippen LogP contribution is -2.54. The van der Waals surface area contributed by atoms with Crippen molar-refractivity contribution in [2.24, 2.45) is 0 Å². The quantitative estimate of drug-likeness (QED) is 0.464. The van der Waals surface area contributed by atoms with Gasteiger partial charge in [0.15, 0.2) is 0 Å². The molecule has 9 heteroatoms. The maximum Gasteiger partial charge on any atom is 0.229 e. The van der Waals surface area contributed by atoms with Crippen LogP contribution in [0.4, 0.5) is 29.0 Å². The number of hydrogen-bond donors (Lipinski definition) is 2. The monoisotopic (exact) mass is 555 g/mol. The predicted octanol–water partition coefficient (Wildman–Crippen LogP) is 4.71. The number of nitrogens with one attached hydrogen (secondary N) is 1. The Morgan fingerprint density at radius 3 is 2.49 bits per heavy atom. The van der Waals surface area contributed by atoms with E-state index in [2.05, 4.69) is 72.1 Å². The van der Waals surface area contributed by atoms with Crippen LogP contribution in [0.3, 0.4) is 0 Å². The summed E-state index contributed by atoms with van der Waals surface area (Å²) in [5.41, 5.74) is 2.29. The van der Waals surface area contributed by atoms with Crippen molar-refractivity contribution >= 4 is 29.0 Å². The second-order valence-corrected chi connectivity index (χ2v) is 13.7. The van der Waals surface area contributed by atoms with Gasteiger partial charge in [0.2, 0.25) is 5.95 Å². The molecule has 4 aliphatic rings. The van der Waals surface area contributed by atoms with E-state index in [1.807, 2.05) is 24.4 Å². The van der Waals surface area contributed by atoms with Crippen molar-refractivity contribution in [3.8, 4) is 0 Å². The van der Waals surface area contributed by atoms with Gasteiger partial charge in [-0.1, -0.05) is 13.0 Å². The van der Waals surface area contributed by atoms with Crippen LogP contribution >= 0.6 is 0 Å². The highest BCUT2D eigenvalue weighted by molar-refractivity contribution is 5.71. The van der Waals surface area contributed by atoms with E-state index in [1.54, 1.807) is 13.8 Å². The van der Waals surface area contributed by atoms with Crippen molar-refractivity contribution in [1.29, 1.82) is 0 Å². The van der Waals surface area contributed by atoms with Crippen molar-refractivity contribution in [3.63, 3.8) is 0 Å². The van der Waals surface area contributed by atoms with Gasteiger partial charge in [0, 0.05) is 53.7 Å². The van der Waals surface area contributed by atoms with Crippen LogP contribution in [-0.2, 0) is 15.8 Å². The minimum atomic E-state index is -1.05. The lowest BCUT2D eigenvalue weighted by molar-refractivity contribution is -0.0893. The van der Waals surface area contributed by atoms with E-state index < -0.39 is 5.60 Å². The molecule has 1 aromatic carbocycles. The first-order valence-corrected chi connectivity index (χ1v) is 14.8. The third kappa shape index (κ3) is 4.45. The van der Waals surface area contributed by atoms with Crippen LogP contribution in [0.25, 0.3) is 0 Å². The molecule has 2 bridgehead atoms. The number of fused-ring (bicyclic) bond motifs is 5. The highest BCUT2D eigenvalue weighted by Crippen LogP contribution is 2.53. The van der Waals surface area contributed by atoms with Crippen molar-refractivity contribution in [1.82, 2.24) is 19.9 Å². The Labute approximate surface area is 242 Å². The fourth-order valence-corrected chi connectivity index (χ4v) is 7.21. The van der Waals surface area contributed by atoms with Gasteiger partial charge < -0.3 is 25.0 Å². The van der Waals surface area contributed by atoms with Crippen LogP contribution in [-0.4, -0.2) is 75.4 Å². The molecular weight excluding hydrogens is 514 g/mol. The number of aliphatic hydroxyl groups is 1. The molecule has 2 N–H and O–H groups in total. The summed E-state index contributed by atoms with van der Waals surface area (Å²) in [5, 5.41) is 14.2. The number of aromatic nitrogens is 3. The second-order valence-electron chi connectivity index (χ2n) is 13.7. The van der Waals surface area contributed by atoms with Gasteiger partial charge in [-0.15, -0.1) is 0 Å². The van der Waals surface area contributed by atoms with E-state index >= 15 is 0 Å². The van der Waals surface area contributed by atoms with Gasteiger partial charge in [0.05, 0.1) is 23.9 Å². The summed E-state index contributed by atoms with van der Waals surface area (Å²) in [6.07, 6.45) is 4.02. The van der Waals surface area contributed by atoms with Crippen LogP contribution < -0.4 is 15.1 Å². The molecule has 7 rings (SSSR count). The van der Waals surface area contributed by atoms with Gasteiger partial charge in [0.25, 0.3) is 0 Å². The number of nitrogens with zero attached hydrogens (tertiary/aromatic N) is 6. The number of anilines is 5. The van der Waals surface area contributed by atoms with Gasteiger partial charge in [-0.05, 0) is 84.0 Å².